The van der Waals surface area contributed by atoms with Gasteiger partial charge in [-0.3, -0.25) is 9.59 Å². The van der Waals surface area contributed by atoms with Crippen molar-refractivity contribution in [3.05, 3.63) is 22.4 Å². The zero-order chi connectivity index (χ0) is 18.7. The lowest BCUT2D eigenvalue weighted by atomic mass is 9.98. The molecule has 27 heavy (non-hydrogen) atoms. The van der Waals surface area contributed by atoms with Crippen LogP contribution in [-0.2, 0) is 16.0 Å². The number of hydrogen-bond donors (Lipinski definition) is 0. The number of carbonyl (C=O) groups excluding carboxylic acids is 2. The van der Waals surface area contributed by atoms with E-state index in [-0.39, 0.29) is 10.8 Å². The number of piperidine rings is 1. The van der Waals surface area contributed by atoms with Gasteiger partial charge < -0.3 is 9.80 Å². The first-order chi connectivity index (χ1) is 13.2. The van der Waals surface area contributed by atoms with E-state index >= 15 is 0 Å². The second-order valence-electron chi connectivity index (χ2n) is 8.17. The maximum Gasteiger partial charge on any atom is 0.227 e. The molecule has 1 spiro atoms. The Morgan fingerprint density at radius 1 is 1.11 bits per heavy atom. The molecule has 1 aliphatic carbocycles. The molecule has 0 unspecified atom stereocenters. The summed E-state index contributed by atoms with van der Waals surface area (Å²) in [6, 6.07) is 4.04. The number of carbonyl (C=O) groups is 2. The Balaban J connectivity index is 1.30. The summed E-state index contributed by atoms with van der Waals surface area (Å²) >= 11 is 3.60. The molecular weight excluding hydrogens is 376 g/mol. The van der Waals surface area contributed by atoms with Crippen molar-refractivity contribution in [2.75, 3.05) is 25.4 Å². The van der Waals surface area contributed by atoms with Crippen LogP contribution < -0.4 is 0 Å². The van der Waals surface area contributed by atoms with Gasteiger partial charge in [0.2, 0.25) is 11.8 Å². The van der Waals surface area contributed by atoms with Gasteiger partial charge in [-0.2, -0.15) is 0 Å². The zero-order valence-corrected chi connectivity index (χ0v) is 17.7. The van der Waals surface area contributed by atoms with Crippen molar-refractivity contribution < 1.29 is 9.59 Å². The summed E-state index contributed by atoms with van der Waals surface area (Å²) in [5.41, 5.74) is 0. The van der Waals surface area contributed by atoms with E-state index in [2.05, 4.69) is 4.90 Å². The van der Waals surface area contributed by atoms with Crippen molar-refractivity contribution in [3.8, 4) is 0 Å². The van der Waals surface area contributed by atoms with E-state index in [1.807, 2.05) is 34.2 Å². The Bertz CT molecular complexity index is 647. The maximum absolute atomic E-state index is 12.9. The van der Waals surface area contributed by atoms with Gasteiger partial charge in [0.05, 0.1) is 11.3 Å². The van der Waals surface area contributed by atoms with Gasteiger partial charge in [-0.1, -0.05) is 31.7 Å². The zero-order valence-electron chi connectivity index (χ0n) is 16.0. The number of likely N-dealkylation sites (tertiary alicyclic amines) is 1. The Kier molecular flexibility index (Phi) is 6.12. The molecule has 6 heteroatoms. The molecule has 1 aromatic rings. The molecule has 3 heterocycles. The van der Waals surface area contributed by atoms with Crippen molar-refractivity contribution in [3.63, 3.8) is 0 Å². The van der Waals surface area contributed by atoms with Crippen LogP contribution in [0.1, 0.15) is 56.2 Å². The van der Waals surface area contributed by atoms with Crippen LogP contribution >= 0.6 is 23.1 Å². The minimum absolute atomic E-state index is 0.0491. The molecule has 4 nitrogen and oxygen atoms in total. The molecule has 0 N–H and O–H groups in total. The lowest BCUT2D eigenvalue weighted by Gasteiger charge is -2.44. The third-order valence-corrected chi connectivity index (χ3v) is 8.95. The van der Waals surface area contributed by atoms with Crippen molar-refractivity contribution >= 4 is 34.9 Å². The lowest BCUT2D eigenvalue weighted by Crippen LogP contribution is -2.53. The molecule has 1 aromatic heterocycles. The number of amides is 2. The molecule has 2 amide bonds. The van der Waals surface area contributed by atoms with Crippen molar-refractivity contribution in [1.82, 2.24) is 9.80 Å². The Labute approximate surface area is 170 Å². The van der Waals surface area contributed by atoms with Crippen LogP contribution in [0.2, 0.25) is 0 Å². The van der Waals surface area contributed by atoms with Gasteiger partial charge in [0.1, 0.15) is 0 Å². The first kappa shape index (κ1) is 19.3. The van der Waals surface area contributed by atoms with Crippen LogP contribution in [0.4, 0.5) is 0 Å². The number of thiophene rings is 1. The van der Waals surface area contributed by atoms with Gasteiger partial charge in [0, 0.05) is 36.7 Å². The SMILES string of the molecule is O=C(Cc1cccs1)N1CCC2(CC1)SCCN2C(=O)CCC1CCCC1. The predicted molar refractivity (Wildman–Crippen MR) is 112 cm³/mol. The van der Waals surface area contributed by atoms with Gasteiger partial charge in [0.25, 0.3) is 0 Å². The van der Waals surface area contributed by atoms with E-state index in [0.29, 0.717) is 18.7 Å². The third kappa shape index (κ3) is 4.37. The molecule has 1 saturated carbocycles. The average Bonchev–Trinajstić information content (AvgIpc) is 3.43. The van der Waals surface area contributed by atoms with Crippen LogP contribution in [0, 0.1) is 5.92 Å². The highest BCUT2D eigenvalue weighted by Gasteiger charge is 2.46. The fourth-order valence-corrected chi connectivity index (χ4v) is 7.09. The predicted octanol–water partition coefficient (Wildman–Crippen LogP) is 4.16. The van der Waals surface area contributed by atoms with Crippen molar-refractivity contribution in [2.24, 2.45) is 5.92 Å². The van der Waals surface area contributed by atoms with Gasteiger partial charge in [-0.05, 0) is 36.6 Å². The average molecular weight is 407 g/mol. The number of rotatable bonds is 5. The number of hydrogen-bond acceptors (Lipinski definition) is 4. The van der Waals surface area contributed by atoms with Crippen molar-refractivity contribution in [1.29, 1.82) is 0 Å². The summed E-state index contributed by atoms with van der Waals surface area (Å²) in [6.07, 6.45) is 9.46. The van der Waals surface area contributed by atoms with Crippen LogP contribution in [0.5, 0.6) is 0 Å². The Morgan fingerprint density at radius 3 is 2.59 bits per heavy atom. The third-order valence-electron chi connectivity index (χ3n) is 6.52. The standard InChI is InChI=1S/C21H30N2O2S2/c24-19(8-7-17-4-1-2-5-17)23-13-15-27-21(23)9-11-22(12-10-21)20(25)16-18-6-3-14-26-18/h3,6,14,17H,1-2,4-5,7-13,15-16H2. The summed E-state index contributed by atoms with van der Waals surface area (Å²) < 4.78 is 0. The van der Waals surface area contributed by atoms with Gasteiger partial charge >= 0.3 is 0 Å². The minimum Gasteiger partial charge on any atom is -0.342 e. The van der Waals surface area contributed by atoms with E-state index in [9.17, 15) is 9.59 Å². The second kappa shape index (κ2) is 8.56. The highest BCUT2D eigenvalue weighted by atomic mass is 32.2. The van der Waals surface area contributed by atoms with E-state index < -0.39 is 0 Å². The fourth-order valence-electron chi connectivity index (χ4n) is 4.92. The molecule has 148 valence electrons. The Morgan fingerprint density at radius 2 is 1.89 bits per heavy atom. The van der Waals surface area contributed by atoms with Crippen molar-refractivity contribution in [2.45, 2.75) is 62.7 Å². The molecule has 3 fully saturated rings. The first-order valence-corrected chi connectivity index (χ1v) is 12.3. The summed E-state index contributed by atoms with van der Waals surface area (Å²) in [4.78, 5) is 30.8. The quantitative estimate of drug-likeness (QED) is 0.737. The van der Waals surface area contributed by atoms with E-state index in [1.165, 1.54) is 25.7 Å². The molecule has 0 bridgehead atoms. The van der Waals surface area contributed by atoms with Gasteiger partial charge in [-0.15, -0.1) is 23.1 Å². The van der Waals surface area contributed by atoms with Crippen LogP contribution in [0.3, 0.4) is 0 Å². The van der Waals surface area contributed by atoms with Crippen LogP contribution in [0.15, 0.2) is 17.5 Å². The molecule has 0 atom stereocenters. The van der Waals surface area contributed by atoms with E-state index in [0.717, 1.165) is 55.4 Å². The van der Waals surface area contributed by atoms with Gasteiger partial charge in [-0.25, -0.2) is 0 Å². The van der Waals surface area contributed by atoms with E-state index in [4.69, 9.17) is 0 Å². The van der Waals surface area contributed by atoms with E-state index in [1.54, 1.807) is 11.3 Å². The molecular formula is C21H30N2O2S2. The minimum atomic E-state index is -0.0491. The molecule has 2 aliphatic heterocycles. The Hall–Kier alpha value is -1.01. The molecule has 3 aliphatic rings. The smallest absolute Gasteiger partial charge is 0.227 e. The highest BCUT2D eigenvalue weighted by molar-refractivity contribution is 8.00. The first-order valence-electron chi connectivity index (χ1n) is 10.4. The molecule has 4 rings (SSSR count). The molecule has 0 aromatic carbocycles. The normalized spacial score (nSPS) is 22.7. The topological polar surface area (TPSA) is 40.6 Å². The number of nitrogens with zero attached hydrogens (tertiary/aromatic N) is 2. The monoisotopic (exact) mass is 406 g/mol. The van der Waals surface area contributed by atoms with Gasteiger partial charge in [0.15, 0.2) is 0 Å². The van der Waals surface area contributed by atoms with Crippen LogP contribution in [-0.4, -0.2) is 51.9 Å². The van der Waals surface area contributed by atoms with Crippen LogP contribution in [0.25, 0.3) is 0 Å². The summed E-state index contributed by atoms with van der Waals surface area (Å²) in [5.74, 6) is 2.40. The maximum atomic E-state index is 12.9. The summed E-state index contributed by atoms with van der Waals surface area (Å²) in [5, 5.41) is 2.03. The highest BCUT2D eigenvalue weighted by Crippen LogP contribution is 2.44. The number of thioether (sulfide) groups is 1. The summed E-state index contributed by atoms with van der Waals surface area (Å²) in [7, 11) is 0. The lowest BCUT2D eigenvalue weighted by molar-refractivity contribution is -0.137. The molecule has 0 radical (unpaired) electrons. The molecule has 2 saturated heterocycles. The largest absolute Gasteiger partial charge is 0.342 e. The fraction of sp³-hybridized carbons (Fsp3) is 0.714. The summed E-state index contributed by atoms with van der Waals surface area (Å²) in [6.45, 7) is 2.45. The second-order valence-corrected chi connectivity index (χ2v) is 10.7.